The Morgan fingerprint density at radius 1 is 0.855 bits per heavy atom. The van der Waals surface area contributed by atoms with Gasteiger partial charge < -0.3 is 29.4 Å². The van der Waals surface area contributed by atoms with Gasteiger partial charge in [-0.3, -0.25) is 9.69 Å². The average Bonchev–Trinajstić information content (AvgIpc) is 3.61. The molecule has 2 N–H and O–H groups in total. The molecule has 2 amide bonds. The number of alkyl carbamates (subject to hydrolysis) is 1. The van der Waals surface area contributed by atoms with E-state index in [0.717, 1.165) is 47.5 Å². The van der Waals surface area contributed by atoms with Crippen LogP contribution >= 0.6 is 0 Å². The summed E-state index contributed by atoms with van der Waals surface area (Å²) >= 11 is 0. The minimum absolute atomic E-state index is 0.105. The zero-order valence-corrected chi connectivity index (χ0v) is 32.7. The molecule has 0 saturated heterocycles. The van der Waals surface area contributed by atoms with Gasteiger partial charge in [-0.25, -0.2) is 4.79 Å². The van der Waals surface area contributed by atoms with E-state index in [-0.39, 0.29) is 17.5 Å². The van der Waals surface area contributed by atoms with E-state index >= 15 is 0 Å². The number of fused-ring (bicyclic) bond motifs is 1. The Kier molecular flexibility index (Phi) is 12.6. The molecular formula is C45H52N4O6. The predicted octanol–water partition coefficient (Wildman–Crippen LogP) is 8.92. The second-order valence-electron chi connectivity index (χ2n) is 15.1. The molecule has 0 radical (unpaired) electrons. The van der Waals surface area contributed by atoms with Gasteiger partial charge in [0.15, 0.2) is 11.5 Å². The van der Waals surface area contributed by atoms with Crippen LogP contribution in [0.1, 0.15) is 85.8 Å². The van der Waals surface area contributed by atoms with Crippen LogP contribution in [0.25, 0.3) is 22.5 Å². The molecule has 0 atom stereocenters. The van der Waals surface area contributed by atoms with Crippen LogP contribution in [0.2, 0.25) is 0 Å². The number of carbonyl (C=O) groups excluding carboxylic acids is 2. The molecule has 2 heterocycles. The van der Waals surface area contributed by atoms with Crippen LogP contribution in [0.3, 0.4) is 0 Å². The summed E-state index contributed by atoms with van der Waals surface area (Å²) in [4.78, 5) is 28.0. The number of aromatic nitrogens is 1. The Bertz CT molecular complexity index is 2070. The SMILES string of the molecule is CCNC(=O)c1noc(-c2cc(C(C)C)c(OCc3ccccc3)cc2OCc2ccccc2)c1-c1ccc2c(c1)CCN(CCNC(=O)OC(C)(C)C)C2. The molecule has 288 valence electrons. The molecule has 0 unspecified atom stereocenters. The summed E-state index contributed by atoms with van der Waals surface area (Å²) in [7, 11) is 0. The highest BCUT2D eigenvalue weighted by Gasteiger charge is 2.29. The first-order chi connectivity index (χ1) is 26.5. The monoisotopic (exact) mass is 744 g/mol. The first kappa shape index (κ1) is 39.1. The number of nitrogens with one attached hydrogen (secondary N) is 2. The molecule has 0 saturated carbocycles. The molecule has 0 spiro atoms. The lowest BCUT2D eigenvalue weighted by Gasteiger charge is -2.29. The molecule has 1 aliphatic heterocycles. The Morgan fingerprint density at radius 3 is 2.16 bits per heavy atom. The van der Waals surface area contributed by atoms with E-state index in [0.29, 0.717) is 55.5 Å². The number of ether oxygens (including phenoxy) is 3. The molecule has 55 heavy (non-hydrogen) atoms. The maximum atomic E-state index is 13.6. The molecule has 0 aliphatic carbocycles. The van der Waals surface area contributed by atoms with E-state index in [4.69, 9.17) is 18.7 Å². The summed E-state index contributed by atoms with van der Waals surface area (Å²) < 4.78 is 24.6. The van der Waals surface area contributed by atoms with Gasteiger partial charge in [0, 0.05) is 38.8 Å². The van der Waals surface area contributed by atoms with Crippen molar-refractivity contribution in [2.75, 3.05) is 26.2 Å². The van der Waals surface area contributed by atoms with E-state index < -0.39 is 11.7 Å². The molecule has 1 aliphatic rings. The molecule has 10 nitrogen and oxygen atoms in total. The van der Waals surface area contributed by atoms with Gasteiger partial charge in [0.05, 0.1) is 11.1 Å². The Morgan fingerprint density at radius 2 is 1.53 bits per heavy atom. The normalized spacial score (nSPS) is 12.9. The third-order valence-corrected chi connectivity index (χ3v) is 9.38. The van der Waals surface area contributed by atoms with E-state index in [9.17, 15) is 9.59 Å². The predicted molar refractivity (Wildman–Crippen MR) is 214 cm³/mol. The summed E-state index contributed by atoms with van der Waals surface area (Å²) in [6.07, 6.45) is 0.397. The van der Waals surface area contributed by atoms with Crippen LogP contribution in [0.5, 0.6) is 11.5 Å². The zero-order valence-electron chi connectivity index (χ0n) is 32.7. The highest BCUT2D eigenvalue weighted by atomic mass is 16.6. The van der Waals surface area contributed by atoms with Crippen LogP contribution < -0.4 is 20.1 Å². The van der Waals surface area contributed by atoms with Gasteiger partial charge in [-0.1, -0.05) is 97.9 Å². The molecule has 10 heteroatoms. The van der Waals surface area contributed by atoms with Crippen molar-refractivity contribution in [2.24, 2.45) is 0 Å². The van der Waals surface area contributed by atoms with Gasteiger partial charge in [-0.15, -0.1) is 0 Å². The lowest BCUT2D eigenvalue weighted by Crippen LogP contribution is -2.39. The number of hydrogen-bond donors (Lipinski definition) is 2. The minimum Gasteiger partial charge on any atom is -0.488 e. The fourth-order valence-corrected chi connectivity index (χ4v) is 6.65. The van der Waals surface area contributed by atoms with Crippen molar-refractivity contribution in [1.82, 2.24) is 20.7 Å². The van der Waals surface area contributed by atoms with Gasteiger partial charge in [-0.05, 0) is 79.5 Å². The van der Waals surface area contributed by atoms with Crippen LogP contribution in [-0.4, -0.2) is 53.8 Å². The summed E-state index contributed by atoms with van der Waals surface area (Å²) in [5, 5.41) is 10.2. The number of amides is 2. The summed E-state index contributed by atoms with van der Waals surface area (Å²) in [6.45, 7) is 15.6. The molecule has 1 aromatic heterocycles. The first-order valence-electron chi connectivity index (χ1n) is 19.1. The fourth-order valence-electron chi connectivity index (χ4n) is 6.65. The third kappa shape index (κ3) is 10.1. The molecular weight excluding hydrogens is 693 g/mol. The van der Waals surface area contributed by atoms with E-state index in [1.165, 1.54) is 11.1 Å². The van der Waals surface area contributed by atoms with Gasteiger partial charge in [-0.2, -0.15) is 0 Å². The first-order valence-corrected chi connectivity index (χ1v) is 19.1. The van der Waals surface area contributed by atoms with Crippen molar-refractivity contribution in [2.45, 2.75) is 79.2 Å². The summed E-state index contributed by atoms with van der Waals surface area (Å²) in [5.74, 6) is 1.52. The second kappa shape index (κ2) is 17.7. The zero-order chi connectivity index (χ0) is 39.0. The minimum atomic E-state index is -0.541. The van der Waals surface area contributed by atoms with Gasteiger partial charge in [0.2, 0.25) is 0 Å². The molecule has 5 aromatic rings. The van der Waals surface area contributed by atoms with Crippen molar-refractivity contribution < 1.29 is 28.3 Å². The fraction of sp³-hybridized carbons (Fsp3) is 0.356. The Balaban J connectivity index is 1.35. The van der Waals surface area contributed by atoms with Crippen molar-refractivity contribution in [1.29, 1.82) is 0 Å². The highest BCUT2D eigenvalue weighted by molar-refractivity contribution is 6.02. The van der Waals surface area contributed by atoms with Crippen LogP contribution in [-0.2, 0) is 30.9 Å². The lowest BCUT2D eigenvalue weighted by molar-refractivity contribution is 0.0521. The molecule has 0 fully saturated rings. The third-order valence-electron chi connectivity index (χ3n) is 9.38. The van der Waals surface area contributed by atoms with Crippen molar-refractivity contribution in [3.63, 3.8) is 0 Å². The maximum absolute atomic E-state index is 13.6. The van der Waals surface area contributed by atoms with Gasteiger partial charge in [0.1, 0.15) is 30.3 Å². The van der Waals surface area contributed by atoms with Crippen LogP contribution in [0.15, 0.2) is 95.5 Å². The Hall–Kier alpha value is -5.61. The smallest absolute Gasteiger partial charge is 0.407 e. The molecule has 4 aromatic carbocycles. The maximum Gasteiger partial charge on any atom is 0.407 e. The number of carbonyl (C=O) groups is 2. The van der Waals surface area contributed by atoms with E-state index in [1.807, 2.05) is 100 Å². The largest absolute Gasteiger partial charge is 0.488 e. The summed E-state index contributed by atoms with van der Waals surface area (Å²) in [6, 6.07) is 30.4. The van der Waals surface area contributed by atoms with Gasteiger partial charge >= 0.3 is 6.09 Å². The molecule has 0 bridgehead atoms. The molecule has 6 rings (SSSR count). The highest BCUT2D eigenvalue weighted by Crippen LogP contribution is 2.45. The average molecular weight is 745 g/mol. The van der Waals surface area contributed by atoms with E-state index in [1.54, 1.807) is 0 Å². The van der Waals surface area contributed by atoms with E-state index in [2.05, 4.69) is 52.7 Å². The van der Waals surface area contributed by atoms with Gasteiger partial charge in [0.25, 0.3) is 5.91 Å². The number of hydrogen-bond acceptors (Lipinski definition) is 8. The quantitative estimate of drug-likeness (QED) is 0.116. The Labute approximate surface area is 324 Å². The van der Waals surface area contributed by atoms with Crippen LogP contribution in [0.4, 0.5) is 4.79 Å². The standard InChI is InChI=1S/C45H52N4O6/c1-7-46-43(50)41-40(34-18-19-35-27-49(22-20-33(35)24-34)23-21-47-44(51)54-45(4,5)6)42(55-48-41)37-25-36(30(2)3)38(52-28-31-14-10-8-11-15-31)26-39(37)53-29-32-16-12-9-13-17-32/h8-19,24-26,30H,7,20-23,27-29H2,1-6H3,(H,46,50)(H,47,51). The number of benzene rings is 4. The topological polar surface area (TPSA) is 115 Å². The lowest BCUT2D eigenvalue weighted by atomic mass is 9.91. The van der Waals surface area contributed by atoms with Crippen molar-refractivity contribution in [3.05, 3.63) is 125 Å². The second-order valence-corrected chi connectivity index (χ2v) is 15.1. The number of nitrogens with zero attached hydrogens (tertiary/aromatic N) is 2. The number of rotatable bonds is 14. The van der Waals surface area contributed by atoms with Crippen LogP contribution in [0, 0.1) is 0 Å². The van der Waals surface area contributed by atoms with Crippen molar-refractivity contribution in [3.8, 4) is 33.9 Å². The van der Waals surface area contributed by atoms with Crippen molar-refractivity contribution >= 4 is 12.0 Å². The summed E-state index contributed by atoms with van der Waals surface area (Å²) in [5.41, 5.74) is 7.24.